The molecule has 1 aromatic carbocycles. The largest absolute Gasteiger partial charge is 0.493 e. The number of ether oxygens (including phenoxy) is 2. The van der Waals surface area contributed by atoms with Gasteiger partial charge in [0.05, 0.1) is 26.1 Å². The fraction of sp³-hybridized carbons (Fsp3) is 0.263. The van der Waals surface area contributed by atoms with Gasteiger partial charge >= 0.3 is 6.03 Å². The van der Waals surface area contributed by atoms with Crippen LogP contribution in [0, 0.1) is 0 Å². The second-order valence-electron chi connectivity index (χ2n) is 6.07. The Hall–Kier alpha value is -3.42. The topological polar surface area (TPSA) is 80.7 Å². The van der Waals surface area contributed by atoms with Crippen molar-refractivity contribution < 1.29 is 14.3 Å². The zero-order valence-electron chi connectivity index (χ0n) is 15.9. The van der Waals surface area contributed by atoms with Gasteiger partial charge in [0, 0.05) is 26.7 Å². The van der Waals surface area contributed by atoms with Crippen molar-refractivity contribution in [3.8, 4) is 22.8 Å². The lowest BCUT2D eigenvalue weighted by atomic mass is 10.1. The monoisotopic (exact) mass is 367 g/mol. The molecule has 0 saturated carbocycles. The summed E-state index contributed by atoms with van der Waals surface area (Å²) in [6.07, 6.45) is 1.56. The first kappa shape index (κ1) is 18.4. The van der Waals surface area contributed by atoms with Gasteiger partial charge in [0.15, 0.2) is 23.0 Å². The molecule has 3 aromatic rings. The van der Waals surface area contributed by atoms with Gasteiger partial charge in [-0.2, -0.15) is 0 Å². The molecular weight excluding hydrogens is 346 g/mol. The minimum atomic E-state index is -0.195. The second-order valence-corrected chi connectivity index (χ2v) is 6.07. The average molecular weight is 367 g/mol. The zero-order chi connectivity index (χ0) is 19.6. The summed E-state index contributed by atoms with van der Waals surface area (Å²) in [7, 11) is 8.19. The molecule has 0 fully saturated rings. The van der Waals surface area contributed by atoms with E-state index in [1.807, 2.05) is 30.3 Å². The molecule has 0 saturated heterocycles. The third kappa shape index (κ3) is 3.59. The van der Waals surface area contributed by atoms with Gasteiger partial charge in [-0.1, -0.05) is 0 Å². The van der Waals surface area contributed by atoms with Crippen LogP contribution in [0.25, 0.3) is 22.4 Å². The molecular formula is C19H21N5O3. The number of methoxy groups -OCH3 is 2. The summed E-state index contributed by atoms with van der Waals surface area (Å²) < 4.78 is 10.6. The summed E-state index contributed by atoms with van der Waals surface area (Å²) in [5, 5.41) is 0. The highest BCUT2D eigenvalue weighted by Gasteiger charge is 2.15. The van der Waals surface area contributed by atoms with Crippen LogP contribution in [0.5, 0.6) is 11.5 Å². The molecule has 140 valence electrons. The van der Waals surface area contributed by atoms with E-state index in [0.717, 1.165) is 11.3 Å². The highest BCUT2D eigenvalue weighted by Crippen LogP contribution is 2.32. The van der Waals surface area contributed by atoms with E-state index >= 15 is 0 Å². The molecule has 0 aliphatic carbocycles. The first-order valence-corrected chi connectivity index (χ1v) is 8.25. The van der Waals surface area contributed by atoms with Gasteiger partial charge in [-0.15, -0.1) is 0 Å². The van der Waals surface area contributed by atoms with Crippen LogP contribution in [0.15, 0.2) is 36.5 Å². The molecule has 27 heavy (non-hydrogen) atoms. The number of benzene rings is 1. The number of amides is 2. The summed E-state index contributed by atoms with van der Waals surface area (Å²) in [6, 6.07) is 9.09. The quantitative estimate of drug-likeness (QED) is 0.705. The number of fused-ring (bicyclic) bond motifs is 1. The molecule has 0 aliphatic rings. The minimum Gasteiger partial charge on any atom is -0.493 e. The fourth-order valence-electron chi connectivity index (χ4n) is 2.60. The van der Waals surface area contributed by atoms with Crippen molar-refractivity contribution in [1.82, 2.24) is 19.9 Å². The van der Waals surface area contributed by atoms with Crippen molar-refractivity contribution in [1.29, 1.82) is 0 Å². The molecule has 2 amide bonds. The van der Waals surface area contributed by atoms with Crippen molar-refractivity contribution in [2.24, 2.45) is 0 Å². The maximum atomic E-state index is 12.1. The van der Waals surface area contributed by atoms with E-state index in [9.17, 15) is 4.79 Å². The standard InChI is InChI=1S/C19H21N5O3/c1-23(2)19(25)24(3)17-11-20-14-8-7-13(21-18(14)22-17)12-6-9-15(26-4)16(10-12)27-5/h6-11H,1-5H3. The molecule has 0 radical (unpaired) electrons. The predicted molar refractivity (Wildman–Crippen MR) is 103 cm³/mol. The smallest absolute Gasteiger partial charge is 0.324 e. The van der Waals surface area contributed by atoms with E-state index in [2.05, 4.69) is 15.0 Å². The third-order valence-electron chi connectivity index (χ3n) is 4.09. The number of urea groups is 1. The van der Waals surface area contributed by atoms with Gasteiger partial charge in [-0.3, -0.25) is 4.90 Å². The summed E-state index contributed by atoms with van der Waals surface area (Å²) in [6.45, 7) is 0. The van der Waals surface area contributed by atoms with E-state index in [4.69, 9.17) is 9.47 Å². The van der Waals surface area contributed by atoms with Gasteiger partial charge in [-0.25, -0.2) is 19.7 Å². The zero-order valence-corrected chi connectivity index (χ0v) is 15.9. The van der Waals surface area contributed by atoms with Gasteiger partial charge in [0.2, 0.25) is 0 Å². The number of carbonyl (C=O) groups is 1. The van der Waals surface area contributed by atoms with E-state index in [1.165, 1.54) is 9.80 Å². The first-order valence-electron chi connectivity index (χ1n) is 8.25. The van der Waals surface area contributed by atoms with E-state index in [1.54, 1.807) is 41.6 Å². The van der Waals surface area contributed by atoms with Crippen molar-refractivity contribution in [3.63, 3.8) is 0 Å². The van der Waals surface area contributed by atoms with E-state index in [-0.39, 0.29) is 6.03 Å². The maximum absolute atomic E-state index is 12.1. The van der Waals surface area contributed by atoms with Crippen LogP contribution in [0.4, 0.5) is 10.6 Å². The minimum absolute atomic E-state index is 0.195. The van der Waals surface area contributed by atoms with Crippen LogP contribution < -0.4 is 14.4 Å². The number of pyridine rings is 1. The molecule has 0 spiro atoms. The van der Waals surface area contributed by atoms with Crippen LogP contribution in [-0.2, 0) is 0 Å². The average Bonchev–Trinajstić information content (AvgIpc) is 2.71. The first-order chi connectivity index (χ1) is 12.9. The Kier molecular flexibility index (Phi) is 5.07. The number of nitrogens with zero attached hydrogens (tertiary/aromatic N) is 5. The van der Waals surface area contributed by atoms with E-state index < -0.39 is 0 Å². The molecule has 0 aliphatic heterocycles. The molecule has 0 bridgehead atoms. The highest BCUT2D eigenvalue weighted by molar-refractivity contribution is 5.90. The Labute approximate surface area is 157 Å². The molecule has 2 heterocycles. The van der Waals surface area contributed by atoms with Crippen LogP contribution in [0.2, 0.25) is 0 Å². The van der Waals surface area contributed by atoms with Crippen LogP contribution in [0.3, 0.4) is 0 Å². The highest BCUT2D eigenvalue weighted by atomic mass is 16.5. The van der Waals surface area contributed by atoms with Crippen LogP contribution in [0.1, 0.15) is 0 Å². The normalized spacial score (nSPS) is 10.6. The Balaban J connectivity index is 2.03. The lowest BCUT2D eigenvalue weighted by molar-refractivity contribution is 0.225. The number of hydrogen-bond donors (Lipinski definition) is 0. The predicted octanol–water partition coefficient (Wildman–Crippen LogP) is 2.83. The Morgan fingerprint density at radius 3 is 2.37 bits per heavy atom. The van der Waals surface area contributed by atoms with Crippen molar-refractivity contribution in [3.05, 3.63) is 36.5 Å². The van der Waals surface area contributed by atoms with Crippen molar-refractivity contribution in [2.75, 3.05) is 40.3 Å². The third-order valence-corrected chi connectivity index (χ3v) is 4.09. The number of hydrogen-bond acceptors (Lipinski definition) is 6. The van der Waals surface area contributed by atoms with E-state index in [0.29, 0.717) is 28.5 Å². The Morgan fingerprint density at radius 1 is 0.963 bits per heavy atom. The molecule has 0 N–H and O–H groups in total. The fourth-order valence-corrected chi connectivity index (χ4v) is 2.60. The Morgan fingerprint density at radius 2 is 1.70 bits per heavy atom. The molecule has 8 heteroatoms. The summed E-state index contributed by atoms with van der Waals surface area (Å²) in [5.41, 5.74) is 2.68. The number of carbonyl (C=O) groups excluding carboxylic acids is 1. The molecule has 0 unspecified atom stereocenters. The molecule has 0 atom stereocenters. The van der Waals surface area contributed by atoms with Gasteiger partial charge < -0.3 is 14.4 Å². The number of aromatic nitrogens is 3. The molecule has 2 aromatic heterocycles. The number of anilines is 1. The SMILES string of the molecule is COc1ccc(-c2ccc3ncc(N(C)C(=O)N(C)C)nc3n2)cc1OC. The van der Waals surface area contributed by atoms with Gasteiger partial charge in [-0.05, 0) is 30.3 Å². The van der Waals surface area contributed by atoms with Crippen molar-refractivity contribution >= 4 is 23.0 Å². The lowest BCUT2D eigenvalue weighted by Gasteiger charge is -2.20. The summed E-state index contributed by atoms with van der Waals surface area (Å²) >= 11 is 0. The van der Waals surface area contributed by atoms with Crippen LogP contribution >= 0.6 is 0 Å². The number of rotatable bonds is 4. The van der Waals surface area contributed by atoms with Gasteiger partial charge in [0.1, 0.15) is 5.52 Å². The summed E-state index contributed by atoms with van der Waals surface area (Å²) in [4.78, 5) is 28.5. The maximum Gasteiger partial charge on any atom is 0.324 e. The second kappa shape index (κ2) is 7.45. The molecule has 3 rings (SSSR count). The Bertz CT molecular complexity index is 990. The van der Waals surface area contributed by atoms with Gasteiger partial charge in [0.25, 0.3) is 0 Å². The molecule has 8 nitrogen and oxygen atoms in total. The van der Waals surface area contributed by atoms with Crippen LogP contribution in [-0.4, -0.2) is 61.2 Å². The lowest BCUT2D eigenvalue weighted by Crippen LogP contribution is -2.36. The van der Waals surface area contributed by atoms with Crippen molar-refractivity contribution in [2.45, 2.75) is 0 Å². The summed E-state index contributed by atoms with van der Waals surface area (Å²) in [5.74, 6) is 1.69.